The third-order valence-electron chi connectivity index (χ3n) is 3.97. The largest absolute Gasteiger partial charge is 0.497 e. The van der Waals surface area contributed by atoms with E-state index in [4.69, 9.17) is 9.15 Å². The molecule has 0 amide bonds. The first-order valence-electron chi connectivity index (χ1n) is 8.54. The van der Waals surface area contributed by atoms with Crippen LogP contribution < -0.4 is 9.46 Å². The highest BCUT2D eigenvalue weighted by Crippen LogP contribution is 2.21. The van der Waals surface area contributed by atoms with Crippen molar-refractivity contribution in [2.75, 3.05) is 12.9 Å². The first-order chi connectivity index (χ1) is 13.1. The Morgan fingerprint density at radius 3 is 2.48 bits per heavy atom. The molecule has 0 saturated carbocycles. The van der Waals surface area contributed by atoms with E-state index < -0.39 is 10.0 Å². The second-order valence-corrected chi connectivity index (χ2v) is 7.89. The monoisotopic (exact) mass is 387 g/mol. The van der Waals surface area contributed by atoms with Crippen LogP contribution in [0.25, 0.3) is 11.5 Å². The molecule has 27 heavy (non-hydrogen) atoms. The number of ether oxygens (including phenoxy) is 1. The molecule has 0 unspecified atom stereocenters. The van der Waals surface area contributed by atoms with E-state index >= 15 is 0 Å². The number of sulfonamides is 1. The zero-order chi connectivity index (χ0) is 19.1. The summed E-state index contributed by atoms with van der Waals surface area (Å²) < 4.78 is 37.4. The average molecular weight is 387 g/mol. The average Bonchev–Trinajstić information content (AvgIpc) is 3.16. The van der Waals surface area contributed by atoms with E-state index in [1.165, 1.54) is 0 Å². The number of hydrogen-bond acceptors (Lipinski definition) is 6. The Labute approximate surface area is 158 Å². The van der Waals surface area contributed by atoms with E-state index in [9.17, 15) is 8.42 Å². The molecule has 142 valence electrons. The van der Waals surface area contributed by atoms with Gasteiger partial charge in [-0.05, 0) is 42.7 Å². The zero-order valence-corrected chi connectivity index (χ0v) is 15.8. The molecule has 0 aliphatic carbocycles. The van der Waals surface area contributed by atoms with E-state index in [2.05, 4.69) is 14.9 Å². The second kappa shape index (κ2) is 8.79. The number of nitrogens with zero attached hydrogens (tertiary/aromatic N) is 2. The summed E-state index contributed by atoms with van der Waals surface area (Å²) >= 11 is 0. The highest BCUT2D eigenvalue weighted by molar-refractivity contribution is 7.89. The van der Waals surface area contributed by atoms with E-state index in [1.807, 2.05) is 30.3 Å². The fourth-order valence-electron chi connectivity index (χ4n) is 2.53. The van der Waals surface area contributed by atoms with Crippen molar-refractivity contribution in [3.63, 3.8) is 0 Å². The summed E-state index contributed by atoms with van der Waals surface area (Å²) in [4.78, 5) is 0. The van der Waals surface area contributed by atoms with E-state index in [0.717, 1.165) is 16.9 Å². The van der Waals surface area contributed by atoms with Crippen LogP contribution in [-0.2, 0) is 23.0 Å². The highest BCUT2D eigenvalue weighted by atomic mass is 32.2. The molecule has 8 heteroatoms. The molecular formula is C19H21N3O4S. The summed E-state index contributed by atoms with van der Waals surface area (Å²) in [6.45, 7) is -0.0309. The SMILES string of the molecule is COc1ccc(-c2nnc(CNS(=O)(=O)CCCc3ccccc3)o2)cc1. The van der Waals surface area contributed by atoms with Crippen LogP contribution in [0.2, 0.25) is 0 Å². The van der Waals surface area contributed by atoms with Crippen molar-refractivity contribution >= 4 is 10.0 Å². The van der Waals surface area contributed by atoms with Gasteiger partial charge in [0.25, 0.3) is 0 Å². The van der Waals surface area contributed by atoms with Crippen LogP contribution in [0, 0.1) is 0 Å². The van der Waals surface area contributed by atoms with Crippen molar-refractivity contribution in [3.05, 3.63) is 66.1 Å². The number of aromatic nitrogens is 2. The van der Waals surface area contributed by atoms with Gasteiger partial charge in [0.1, 0.15) is 5.75 Å². The number of methoxy groups -OCH3 is 1. The standard InChI is InChI=1S/C19H21N3O4S/c1-25-17-11-9-16(10-12-17)19-22-21-18(26-19)14-20-27(23,24)13-5-8-15-6-3-2-4-7-15/h2-4,6-7,9-12,20H,5,8,13-14H2,1H3. The van der Waals surface area contributed by atoms with E-state index in [0.29, 0.717) is 18.7 Å². The smallest absolute Gasteiger partial charge is 0.247 e. The molecule has 1 aromatic heterocycles. The lowest BCUT2D eigenvalue weighted by Gasteiger charge is -2.05. The Kier molecular flexibility index (Phi) is 6.20. The van der Waals surface area contributed by atoms with Crippen LogP contribution in [0.4, 0.5) is 0 Å². The molecule has 1 heterocycles. The summed E-state index contributed by atoms with van der Waals surface area (Å²) in [5.41, 5.74) is 1.86. The van der Waals surface area contributed by atoms with Crippen molar-refractivity contribution in [1.29, 1.82) is 0 Å². The summed E-state index contributed by atoms with van der Waals surface area (Å²) in [5.74, 6) is 1.31. The zero-order valence-electron chi connectivity index (χ0n) is 15.0. The first kappa shape index (κ1) is 19.1. The lowest BCUT2D eigenvalue weighted by Crippen LogP contribution is -2.26. The van der Waals surface area contributed by atoms with Crippen molar-refractivity contribution in [2.45, 2.75) is 19.4 Å². The predicted molar refractivity (Wildman–Crippen MR) is 102 cm³/mol. The maximum absolute atomic E-state index is 12.1. The highest BCUT2D eigenvalue weighted by Gasteiger charge is 2.14. The Morgan fingerprint density at radius 1 is 1.04 bits per heavy atom. The summed E-state index contributed by atoms with van der Waals surface area (Å²) in [6, 6.07) is 17.0. The third kappa shape index (κ3) is 5.63. The van der Waals surface area contributed by atoms with Gasteiger partial charge in [0.15, 0.2) is 0 Å². The number of hydrogen-bond donors (Lipinski definition) is 1. The molecule has 3 rings (SSSR count). The number of nitrogens with one attached hydrogen (secondary N) is 1. The molecule has 1 N–H and O–H groups in total. The fraction of sp³-hybridized carbons (Fsp3) is 0.263. The third-order valence-corrected chi connectivity index (χ3v) is 5.38. The Bertz CT molecular complexity index is 954. The lowest BCUT2D eigenvalue weighted by molar-refractivity contribution is 0.415. The number of rotatable bonds is 9. The number of benzene rings is 2. The van der Waals surface area contributed by atoms with Gasteiger partial charge in [0.05, 0.1) is 19.4 Å². The number of aryl methyl sites for hydroxylation is 1. The van der Waals surface area contributed by atoms with Gasteiger partial charge in [-0.25, -0.2) is 13.1 Å². The van der Waals surface area contributed by atoms with Gasteiger partial charge in [-0.3, -0.25) is 0 Å². The van der Waals surface area contributed by atoms with Crippen LogP contribution in [0.5, 0.6) is 5.75 Å². The predicted octanol–water partition coefficient (Wildman–Crippen LogP) is 2.80. The maximum Gasteiger partial charge on any atom is 0.247 e. The minimum atomic E-state index is -3.41. The van der Waals surface area contributed by atoms with Gasteiger partial charge in [0, 0.05) is 5.56 Å². The fourth-order valence-corrected chi connectivity index (χ4v) is 3.54. The molecule has 0 saturated heterocycles. The molecule has 0 radical (unpaired) electrons. The molecule has 0 aliphatic rings. The maximum atomic E-state index is 12.1. The molecule has 0 bridgehead atoms. The van der Waals surface area contributed by atoms with Gasteiger partial charge in [-0.1, -0.05) is 30.3 Å². The molecule has 0 atom stereocenters. The molecule has 2 aromatic carbocycles. The van der Waals surface area contributed by atoms with Crippen LogP contribution in [0.1, 0.15) is 17.9 Å². The van der Waals surface area contributed by atoms with Crippen LogP contribution in [-0.4, -0.2) is 31.5 Å². The Hall–Kier alpha value is -2.71. The van der Waals surface area contributed by atoms with Crippen molar-refractivity contribution in [1.82, 2.24) is 14.9 Å². The van der Waals surface area contributed by atoms with Crippen molar-refractivity contribution in [2.24, 2.45) is 0 Å². The van der Waals surface area contributed by atoms with Gasteiger partial charge in [0.2, 0.25) is 21.8 Å². The van der Waals surface area contributed by atoms with E-state index in [-0.39, 0.29) is 18.2 Å². The Balaban J connectivity index is 1.51. The summed E-state index contributed by atoms with van der Waals surface area (Å²) in [5, 5.41) is 7.84. The Morgan fingerprint density at radius 2 is 1.78 bits per heavy atom. The van der Waals surface area contributed by atoms with E-state index in [1.54, 1.807) is 31.4 Å². The quantitative estimate of drug-likeness (QED) is 0.607. The molecular weight excluding hydrogens is 366 g/mol. The summed E-state index contributed by atoms with van der Waals surface area (Å²) in [7, 11) is -1.82. The first-order valence-corrected chi connectivity index (χ1v) is 10.2. The lowest BCUT2D eigenvalue weighted by atomic mass is 10.1. The molecule has 0 aliphatic heterocycles. The van der Waals surface area contributed by atoms with Crippen LogP contribution in [0.15, 0.2) is 59.0 Å². The molecule has 3 aromatic rings. The van der Waals surface area contributed by atoms with Crippen LogP contribution >= 0.6 is 0 Å². The summed E-state index contributed by atoms with van der Waals surface area (Å²) in [6.07, 6.45) is 1.25. The topological polar surface area (TPSA) is 94.3 Å². The minimum Gasteiger partial charge on any atom is -0.497 e. The van der Waals surface area contributed by atoms with Crippen molar-refractivity contribution in [3.8, 4) is 17.2 Å². The van der Waals surface area contributed by atoms with Crippen molar-refractivity contribution < 1.29 is 17.6 Å². The van der Waals surface area contributed by atoms with Gasteiger partial charge in [-0.2, -0.15) is 0 Å². The molecule has 7 nitrogen and oxygen atoms in total. The molecule has 0 fully saturated rings. The molecule has 0 spiro atoms. The minimum absolute atomic E-state index is 0.0309. The van der Waals surface area contributed by atoms with Gasteiger partial charge in [-0.15, -0.1) is 10.2 Å². The van der Waals surface area contributed by atoms with Crippen LogP contribution in [0.3, 0.4) is 0 Å². The second-order valence-electron chi connectivity index (χ2n) is 5.96. The van der Waals surface area contributed by atoms with Gasteiger partial charge >= 0.3 is 0 Å². The normalized spacial score (nSPS) is 11.4. The van der Waals surface area contributed by atoms with Gasteiger partial charge < -0.3 is 9.15 Å².